The van der Waals surface area contributed by atoms with Gasteiger partial charge in [0.1, 0.15) is 5.56 Å². The second kappa shape index (κ2) is 7.45. The van der Waals surface area contributed by atoms with Gasteiger partial charge in [-0.1, -0.05) is 43.0 Å². The minimum atomic E-state index is -4.56. The van der Waals surface area contributed by atoms with Gasteiger partial charge in [-0.2, -0.15) is 23.0 Å². The standard InChI is InChI=1S/C15H15Cl2F3N2O/c1-2-3-4-7-23-14-11(15(18,19)20)9-21-22(14)13-6-5-10(16)8-12(13)17/h5-6,8-9H,2-4,7H2,1H3. The summed E-state index contributed by atoms with van der Waals surface area (Å²) in [6.45, 7) is 2.17. The molecule has 2 aromatic rings. The summed E-state index contributed by atoms with van der Waals surface area (Å²) < 4.78 is 45.8. The summed E-state index contributed by atoms with van der Waals surface area (Å²) in [7, 11) is 0. The fourth-order valence-electron chi connectivity index (χ4n) is 2.02. The second-order valence-electron chi connectivity index (χ2n) is 4.92. The Morgan fingerprint density at radius 1 is 1.22 bits per heavy atom. The van der Waals surface area contributed by atoms with Gasteiger partial charge in [0.25, 0.3) is 0 Å². The van der Waals surface area contributed by atoms with E-state index in [1.54, 1.807) is 0 Å². The molecule has 126 valence electrons. The molecule has 23 heavy (non-hydrogen) atoms. The molecular weight excluding hydrogens is 352 g/mol. The summed E-state index contributed by atoms with van der Waals surface area (Å²) in [4.78, 5) is 0. The van der Waals surface area contributed by atoms with E-state index in [-0.39, 0.29) is 23.2 Å². The second-order valence-corrected chi connectivity index (χ2v) is 5.77. The quantitative estimate of drug-likeness (QED) is 0.607. The summed E-state index contributed by atoms with van der Waals surface area (Å²) in [5.74, 6) is -0.363. The molecule has 0 spiro atoms. The fourth-order valence-corrected chi connectivity index (χ4v) is 2.50. The number of halogens is 5. The average molecular weight is 367 g/mol. The largest absolute Gasteiger partial charge is 0.477 e. The molecule has 0 amide bonds. The molecule has 1 heterocycles. The first-order valence-corrected chi connectivity index (χ1v) is 7.83. The van der Waals surface area contributed by atoms with E-state index in [0.717, 1.165) is 23.7 Å². The highest BCUT2D eigenvalue weighted by atomic mass is 35.5. The van der Waals surface area contributed by atoms with Crippen molar-refractivity contribution in [3.05, 3.63) is 40.0 Å². The van der Waals surface area contributed by atoms with E-state index in [1.165, 1.54) is 18.2 Å². The van der Waals surface area contributed by atoms with Crippen molar-refractivity contribution in [1.29, 1.82) is 0 Å². The van der Waals surface area contributed by atoms with Gasteiger partial charge in [-0.25, -0.2) is 0 Å². The summed E-state index contributed by atoms with van der Waals surface area (Å²) in [5.41, 5.74) is -0.655. The molecule has 0 atom stereocenters. The van der Waals surface area contributed by atoms with Crippen LogP contribution in [0, 0.1) is 0 Å². The van der Waals surface area contributed by atoms with E-state index in [4.69, 9.17) is 27.9 Å². The van der Waals surface area contributed by atoms with Gasteiger partial charge in [0.2, 0.25) is 5.88 Å². The van der Waals surface area contributed by atoms with Gasteiger partial charge in [-0.3, -0.25) is 0 Å². The molecule has 0 saturated carbocycles. The summed E-state index contributed by atoms with van der Waals surface area (Å²) in [5, 5.41) is 4.36. The normalized spacial score (nSPS) is 11.7. The maximum atomic E-state index is 13.1. The minimum Gasteiger partial charge on any atom is -0.477 e. The first kappa shape index (κ1) is 17.9. The van der Waals surface area contributed by atoms with Gasteiger partial charge in [0.15, 0.2) is 0 Å². The van der Waals surface area contributed by atoms with Crippen LogP contribution in [0.15, 0.2) is 24.4 Å². The molecule has 3 nitrogen and oxygen atoms in total. The van der Waals surface area contributed by atoms with Crippen LogP contribution in [0.1, 0.15) is 31.7 Å². The third kappa shape index (κ3) is 4.32. The van der Waals surface area contributed by atoms with E-state index in [0.29, 0.717) is 11.4 Å². The molecule has 0 bridgehead atoms. The van der Waals surface area contributed by atoms with Crippen molar-refractivity contribution in [2.75, 3.05) is 6.61 Å². The third-order valence-electron chi connectivity index (χ3n) is 3.16. The van der Waals surface area contributed by atoms with E-state index >= 15 is 0 Å². The SMILES string of the molecule is CCCCCOc1c(C(F)(F)F)cnn1-c1ccc(Cl)cc1Cl. The van der Waals surface area contributed by atoms with Gasteiger partial charge in [-0.05, 0) is 24.6 Å². The highest BCUT2D eigenvalue weighted by Gasteiger charge is 2.38. The number of aromatic nitrogens is 2. The zero-order chi connectivity index (χ0) is 17.0. The van der Waals surface area contributed by atoms with E-state index in [2.05, 4.69) is 5.10 Å². The molecule has 0 N–H and O–H groups in total. The molecule has 0 unspecified atom stereocenters. The van der Waals surface area contributed by atoms with Crippen molar-refractivity contribution in [2.45, 2.75) is 32.4 Å². The number of nitrogens with zero attached hydrogens (tertiary/aromatic N) is 2. The molecule has 1 aromatic heterocycles. The third-order valence-corrected chi connectivity index (χ3v) is 3.69. The van der Waals surface area contributed by atoms with E-state index in [9.17, 15) is 13.2 Å². The number of ether oxygens (including phenoxy) is 1. The lowest BCUT2D eigenvalue weighted by Gasteiger charge is -2.13. The Kier molecular flexibility index (Phi) is 5.81. The van der Waals surface area contributed by atoms with Crippen LogP contribution in [0.2, 0.25) is 10.0 Å². The number of unbranched alkanes of at least 4 members (excludes halogenated alkanes) is 2. The number of rotatable bonds is 6. The molecule has 0 aliphatic carbocycles. The lowest BCUT2D eigenvalue weighted by atomic mass is 10.2. The van der Waals surface area contributed by atoms with Crippen LogP contribution in [0.3, 0.4) is 0 Å². The van der Waals surface area contributed by atoms with E-state index in [1.807, 2.05) is 6.92 Å². The molecular formula is C15H15Cl2F3N2O. The van der Waals surface area contributed by atoms with Crippen LogP contribution in [-0.4, -0.2) is 16.4 Å². The lowest BCUT2D eigenvalue weighted by Crippen LogP contribution is -2.11. The summed E-state index contributed by atoms with van der Waals surface area (Å²) in [6, 6.07) is 4.46. The molecule has 2 rings (SSSR count). The average Bonchev–Trinajstić information content (AvgIpc) is 2.87. The molecule has 0 radical (unpaired) electrons. The minimum absolute atomic E-state index is 0.174. The highest BCUT2D eigenvalue weighted by molar-refractivity contribution is 6.35. The maximum absolute atomic E-state index is 13.1. The fraction of sp³-hybridized carbons (Fsp3) is 0.400. The molecule has 0 aliphatic rings. The number of benzene rings is 1. The van der Waals surface area contributed by atoms with Crippen molar-refractivity contribution in [1.82, 2.24) is 9.78 Å². The van der Waals surface area contributed by atoms with Crippen LogP contribution in [0.5, 0.6) is 5.88 Å². The van der Waals surface area contributed by atoms with Crippen molar-refractivity contribution in [3.63, 3.8) is 0 Å². The van der Waals surface area contributed by atoms with Gasteiger partial charge in [-0.15, -0.1) is 0 Å². The van der Waals surface area contributed by atoms with Crippen LogP contribution >= 0.6 is 23.2 Å². The van der Waals surface area contributed by atoms with E-state index < -0.39 is 11.7 Å². The van der Waals surface area contributed by atoms with Crippen molar-refractivity contribution < 1.29 is 17.9 Å². The topological polar surface area (TPSA) is 27.1 Å². The number of alkyl halides is 3. The number of hydrogen-bond donors (Lipinski definition) is 0. The Labute approximate surface area is 142 Å². The molecule has 0 fully saturated rings. The summed E-state index contributed by atoms with van der Waals surface area (Å²) in [6.07, 6.45) is -1.35. The van der Waals surface area contributed by atoms with Gasteiger partial charge in [0.05, 0.1) is 23.5 Å². The van der Waals surface area contributed by atoms with Crippen LogP contribution < -0.4 is 4.74 Å². The monoisotopic (exact) mass is 366 g/mol. The van der Waals surface area contributed by atoms with Gasteiger partial charge in [0, 0.05) is 5.02 Å². The van der Waals surface area contributed by atoms with Crippen LogP contribution in [0.4, 0.5) is 13.2 Å². The first-order chi connectivity index (χ1) is 10.8. The van der Waals surface area contributed by atoms with Crippen LogP contribution in [0.25, 0.3) is 5.69 Å². The Bertz CT molecular complexity index is 671. The van der Waals surface area contributed by atoms with Crippen LogP contribution in [-0.2, 0) is 6.18 Å². The lowest BCUT2D eigenvalue weighted by molar-refractivity contribution is -0.139. The number of hydrogen-bond acceptors (Lipinski definition) is 2. The maximum Gasteiger partial charge on any atom is 0.423 e. The smallest absolute Gasteiger partial charge is 0.423 e. The van der Waals surface area contributed by atoms with Crippen molar-refractivity contribution in [3.8, 4) is 11.6 Å². The molecule has 1 aromatic carbocycles. The van der Waals surface area contributed by atoms with Gasteiger partial charge < -0.3 is 4.74 Å². The first-order valence-electron chi connectivity index (χ1n) is 7.08. The molecule has 0 saturated heterocycles. The van der Waals surface area contributed by atoms with Crippen molar-refractivity contribution in [2.24, 2.45) is 0 Å². The predicted molar refractivity (Wildman–Crippen MR) is 83.6 cm³/mol. The highest BCUT2D eigenvalue weighted by Crippen LogP contribution is 2.38. The van der Waals surface area contributed by atoms with Crippen molar-refractivity contribution >= 4 is 23.2 Å². The summed E-state index contributed by atoms with van der Waals surface area (Å²) >= 11 is 11.9. The molecule has 8 heteroatoms. The predicted octanol–water partition coefficient (Wildman–Crippen LogP) is 5.77. The zero-order valence-electron chi connectivity index (χ0n) is 12.3. The molecule has 0 aliphatic heterocycles. The van der Waals surface area contributed by atoms with Gasteiger partial charge >= 0.3 is 6.18 Å². The Morgan fingerprint density at radius 3 is 2.57 bits per heavy atom. The Morgan fingerprint density at radius 2 is 1.96 bits per heavy atom. The zero-order valence-corrected chi connectivity index (χ0v) is 13.8. The Hall–Kier alpha value is -1.40. The Balaban J connectivity index is 2.40.